The van der Waals surface area contributed by atoms with Crippen LogP contribution in [0.25, 0.3) is 0 Å². The van der Waals surface area contributed by atoms with E-state index in [1.54, 1.807) is 0 Å². The molecule has 0 bridgehead atoms. The number of amides is 2. The molecule has 0 radical (unpaired) electrons. The van der Waals surface area contributed by atoms with Crippen molar-refractivity contribution in [3.8, 4) is 0 Å². The van der Waals surface area contributed by atoms with Crippen LogP contribution in [0.2, 0.25) is 0 Å². The van der Waals surface area contributed by atoms with E-state index in [1.807, 2.05) is 0 Å². The summed E-state index contributed by atoms with van der Waals surface area (Å²) in [6, 6.07) is -3.95. The van der Waals surface area contributed by atoms with Crippen molar-refractivity contribution in [3.63, 3.8) is 0 Å². The quantitative estimate of drug-likeness (QED) is 0.0300. The maximum atomic E-state index is 12.3. The average Bonchev–Trinajstić information content (AvgIpc) is 3.18. The molecule has 25 heteroatoms. The van der Waals surface area contributed by atoms with E-state index in [-0.39, 0.29) is 90.4 Å². The highest BCUT2D eigenvalue weighted by atomic mass is 32.2. The molecule has 2 heterocycles. The Labute approximate surface area is 350 Å². The molecule has 0 saturated carbocycles. The molecule has 0 aliphatic carbocycles. The molecule has 344 valence electrons. The number of carbonyl (C=O) groups is 4. The Morgan fingerprint density at radius 1 is 0.610 bits per heavy atom. The summed E-state index contributed by atoms with van der Waals surface area (Å²) in [6.07, 6.45) is -10.1. The lowest BCUT2D eigenvalue weighted by Gasteiger charge is -2.47. The van der Waals surface area contributed by atoms with E-state index in [0.29, 0.717) is 0 Å². The van der Waals surface area contributed by atoms with Gasteiger partial charge in [-0.1, -0.05) is 0 Å². The van der Waals surface area contributed by atoms with Gasteiger partial charge < -0.3 is 96.1 Å². The number of nitrogens with one attached hydrogen (secondary N) is 2. The summed E-state index contributed by atoms with van der Waals surface area (Å²) in [4.78, 5) is 44.2. The number of hydrogen-bond donors (Lipinski definition) is 12. The molecule has 23 nitrogen and oxygen atoms in total. The molecule has 0 aromatic carbocycles. The topological polar surface area (TPSA) is 371 Å². The standard InChI is InChI=1S/C34H62N4O19S2/c1-19(41)37-25-21(35)15-33(31(47)48,56-29(25)27(45)23(43)17-39)58-13-11-54-9-7-52-5-3-51-4-6-53-8-10-55-12-14-59-34(32(49)50)16-22(36)26(38-20(2)42)30(57-34)28(46)24(44)18-40/h21-30,39-40,43-46H,3-18,35-36H2,1-2H3,(H,37,41)(H,38,42)(H,47,48)(H,49,50)/t21-,22-,23-,24-,25+,26+,27-,28-,29+,30+,33-,34-/m0/s1. The van der Waals surface area contributed by atoms with Crippen LogP contribution < -0.4 is 22.1 Å². The Balaban J connectivity index is 1.58. The lowest BCUT2D eigenvalue weighted by Crippen LogP contribution is -2.68. The number of thioether (sulfide) groups is 2. The minimum Gasteiger partial charge on any atom is -0.478 e. The van der Waals surface area contributed by atoms with E-state index in [1.165, 1.54) is 13.8 Å². The zero-order chi connectivity index (χ0) is 44.2. The zero-order valence-electron chi connectivity index (χ0n) is 33.1. The van der Waals surface area contributed by atoms with Gasteiger partial charge in [0.15, 0.2) is 0 Å². The predicted molar refractivity (Wildman–Crippen MR) is 208 cm³/mol. The maximum absolute atomic E-state index is 12.3. The number of aliphatic hydroxyl groups excluding tert-OH is 6. The fourth-order valence-electron chi connectivity index (χ4n) is 6.21. The Morgan fingerprint density at radius 3 is 1.15 bits per heavy atom. The lowest BCUT2D eigenvalue weighted by molar-refractivity contribution is -0.192. The number of rotatable bonds is 30. The van der Waals surface area contributed by atoms with Crippen molar-refractivity contribution < 1.29 is 93.2 Å². The van der Waals surface area contributed by atoms with Gasteiger partial charge in [-0.05, 0) is 0 Å². The van der Waals surface area contributed by atoms with Crippen molar-refractivity contribution in [1.29, 1.82) is 0 Å². The molecule has 2 rings (SSSR count). The minimum atomic E-state index is -1.91. The van der Waals surface area contributed by atoms with E-state index in [2.05, 4.69) is 10.6 Å². The first-order valence-corrected chi connectivity index (χ1v) is 20.9. The first kappa shape index (κ1) is 53.1. The number of carboxylic acid groups (broad SMARTS) is 2. The molecule has 2 aliphatic heterocycles. The van der Waals surface area contributed by atoms with Gasteiger partial charge in [-0.2, -0.15) is 0 Å². The van der Waals surface area contributed by atoms with Crippen LogP contribution >= 0.6 is 23.5 Å². The van der Waals surface area contributed by atoms with Crippen LogP contribution in [0.4, 0.5) is 0 Å². The van der Waals surface area contributed by atoms with E-state index < -0.39 is 108 Å². The zero-order valence-corrected chi connectivity index (χ0v) is 34.8. The molecular weight excluding hydrogens is 833 g/mol. The lowest BCUT2D eigenvalue weighted by atomic mass is 9.88. The van der Waals surface area contributed by atoms with Gasteiger partial charge in [0.25, 0.3) is 0 Å². The van der Waals surface area contributed by atoms with E-state index >= 15 is 0 Å². The molecule has 12 atom stereocenters. The molecule has 2 fully saturated rings. The molecular formula is C34H62N4O19S2. The van der Waals surface area contributed by atoms with Crippen molar-refractivity contribution >= 4 is 47.3 Å². The van der Waals surface area contributed by atoms with Crippen LogP contribution in [-0.2, 0) is 52.3 Å². The SMILES string of the molecule is CC(=O)N[C@H]1[C@H]([C@@H](O)[C@@H](O)CO)O[C@@](SCCOCCOCCOCCOCCOCCS[C@]2(C(=O)O)C[C@H](N)[C@@H](NC(C)=O)[C@H]([C@@H](O)[C@@H](O)CO)O2)(C(=O)O)C[C@@H]1N. The summed E-state index contributed by atoms with van der Waals surface area (Å²) in [5.41, 5.74) is 12.4. The molecule has 2 amide bonds. The van der Waals surface area contributed by atoms with Crippen LogP contribution in [0.15, 0.2) is 0 Å². The minimum absolute atomic E-state index is 0.122. The number of aliphatic carboxylic acids is 2. The molecule has 2 saturated heterocycles. The molecule has 14 N–H and O–H groups in total. The fraction of sp³-hybridized carbons (Fsp3) is 0.882. The smallest absolute Gasteiger partial charge is 0.346 e. The molecule has 0 spiro atoms. The van der Waals surface area contributed by atoms with Gasteiger partial charge in [-0.15, -0.1) is 23.5 Å². The van der Waals surface area contributed by atoms with Crippen LogP contribution in [0.5, 0.6) is 0 Å². The van der Waals surface area contributed by atoms with Crippen molar-refractivity contribution in [2.45, 2.75) is 97.3 Å². The first-order valence-electron chi connectivity index (χ1n) is 18.9. The third kappa shape index (κ3) is 17.0. The number of hydrogen-bond acceptors (Lipinski definition) is 21. The summed E-state index contributed by atoms with van der Waals surface area (Å²) in [5.74, 6) is -3.42. The van der Waals surface area contributed by atoms with Crippen LogP contribution in [-0.4, -0.2) is 226 Å². The van der Waals surface area contributed by atoms with E-state index in [0.717, 1.165) is 23.5 Å². The van der Waals surface area contributed by atoms with Gasteiger partial charge in [-0.3, -0.25) is 9.59 Å². The van der Waals surface area contributed by atoms with E-state index in [9.17, 15) is 60.0 Å². The van der Waals surface area contributed by atoms with E-state index in [4.69, 9.17) is 44.6 Å². The largest absolute Gasteiger partial charge is 0.478 e. The maximum Gasteiger partial charge on any atom is 0.346 e. The molecule has 0 unspecified atom stereocenters. The summed E-state index contributed by atoms with van der Waals surface area (Å²) in [7, 11) is 0. The predicted octanol–water partition coefficient (Wildman–Crippen LogP) is -5.23. The number of aliphatic hydroxyl groups is 6. The molecule has 0 aromatic rings. The summed E-state index contributed by atoms with van der Waals surface area (Å²) in [5, 5.41) is 84.8. The highest BCUT2D eigenvalue weighted by molar-refractivity contribution is 8.01. The second kappa shape index (κ2) is 27.1. The normalized spacial score (nSPS) is 29.3. The Kier molecular flexibility index (Phi) is 24.4. The van der Waals surface area contributed by atoms with Crippen molar-refractivity contribution in [2.75, 3.05) is 90.8 Å². The highest BCUT2D eigenvalue weighted by Crippen LogP contribution is 2.41. The molecule has 59 heavy (non-hydrogen) atoms. The average molecular weight is 895 g/mol. The summed E-state index contributed by atoms with van der Waals surface area (Å²) >= 11 is 1.76. The third-order valence-corrected chi connectivity index (χ3v) is 11.7. The Morgan fingerprint density at radius 2 is 0.898 bits per heavy atom. The van der Waals surface area contributed by atoms with Gasteiger partial charge >= 0.3 is 11.9 Å². The van der Waals surface area contributed by atoms with Gasteiger partial charge in [0.2, 0.25) is 21.7 Å². The fourth-order valence-corrected chi connectivity index (χ4v) is 8.50. The van der Waals surface area contributed by atoms with Gasteiger partial charge in [-0.25, -0.2) is 9.59 Å². The van der Waals surface area contributed by atoms with Crippen LogP contribution in [0.3, 0.4) is 0 Å². The number of carbonyl (C=O) groups excluding carboxylic acids is 2. The molecule has 2 aliphatic rings. The Hall–Kier alpha value is -2.02. The van der Waals surface area contributed by atoms with Gasteiger partial charge in [0.05, 0.1) is 91.4 Å². The summed E-state index contributed by atoms with van der Waals surface area (Å²) in [6.45, 7) is 2.99. The molecule has 0 aromatic heterocycles. The van der Waals surface area contributed by atoms with Gasteiger partial charge in [0.1, 0.15) is 36.6 Å². The highest BCUT2D eigenvalue weighted by Gasteiger charge is 2.55. The van der Waals surface area contributed by atoms with Gasteiger partial charge in [0, 0.05) is 50.3 Å². The van der Waals surface area contributed by atoms with Crippen molar-refractivity contribution in [2.24, 2.45) is 11.5 Å². The monoisotopic (exact) mass is 894 g/mol. The second-order valence-electron chi connectivity index (χ2n) is 13.7. The van der Waals surface area contributed by atoms with Crippen LogP contribution in [0, 0.1) is 0 Å². The van der Waals surface area contributed by atoms with Crippen LogP contribution in [0.1, 0.15) is 26.7 Å². The van der Waals surface area contributed by atoms with Crippen molar-refractivity contribution in [3.05, 3.63) is 0 Å². The number of nitrogens with two attached hydrogens (primary N) is 2. The summed E-state index contributed by atoms with van der Waals surface area (Å²) < 4.78 is 39.0. The van der Waals surface area contributed by atoms with Crippen molar-refractivity contribution in [1.82, 2.24) is 10.6 Å². The number of ether oxygens (including phenoxy) is 7. The second-order valence-corrected chi connectivity index (χ2v) is 16.4. The Bertz CT molecular complexity index is 1190. The number of carboxylic acids is 2. The first-order chi connectivity index (χ1) is 27.9. The third-order valence-electron chi connectivity index (χ3n) is 9.13.